The van der Waals surface area contributed by atoms with Gasteiger partial charge in [-0.3, -0.25) is 9.69 Å². The molecule has 0 spiro atoms. The third-order valence-electron chi connectivity index (χ3n) is 3.58. The molecule has 1 heterocycles. The Bertz CT molecular complexity index is 484. The first-order valence-corrected chi connectivity index (χ1v) is 7.00. The maximum atomic E-state index is 12.2. The summed E-state index contributed by atoms with van der Waals surface area (Å²) in [4.78, 5) is 25.2. The number of amides is 1. The summed E-state index contributed by atoms with van der Waals surface area (Å²) in [5.74, 6) is -0.966. The first-order valence-electron chi connectivity index (χ1n) is 7.00. The molecule has 5 heteroatoms. The number of carboxylic acid groups (broad SMARTS) is 1. The zero-order chi connectivity index (χ0) is 14.5. The highest BCUT2D eigenvalue weighted by Gasteiger charge is 2.29. The minimum Gasteiger partial charge on any atom is -0.478 e. The zero-order valence-electron chi connectivity index (χ0n) is 11.6. The van der Waals surface area contributed by atoms with E-state index in [0.717, 1.165) is 32.4 Å². The summed E-state index contributed by atoms with van der Waals surface area (Å²) in [7, 11) is 0. The first-order chi connectivity index (χ1) is 9.61. The summed E-state index contributed by atoms with van der Waals surface area (Å²) in [6.07, 6.45) is 2.98. The van der Waals surface area contributed by atoms with Gasteiger partial charge in [-0.1, -0.05) is 6.92 Å². The van der Waals surface area contributed by atoms with Gasteiger partial charge in [-0.2, -0.15) is 0 Å². The second-order valence-corrected chi connectivity index (χ2v) is 5.07. The van der Waals surface area contributed by atoms with Crippen LogP contribution in [0.15, 0.2) is 24.3 Å². The minimum atomic E-state index is -0.965. The standard InChI is InChI=1S/C15H20N2O3/c1-2-9-17-10-3-4-13(17)14(18)16-12-7-5-11(6-8-12)15(19)20/h5-8,13H,2-4,9-10H2,1H3,(H,16,18)(H,19,20). The SMILES string of the molecule is CCCN1CCCC1C(=O)Nc1ccc(C(=O)O)cc1. The van der Waals surface area contributed by atoms with Crippen LogP contribution in [0.2, 0.25) is 0 Å². The van der Waals surface area contributed by atoms with E-state index in [1.807, 2.05) is 0 Å². The Labute approximate surface area is 118 Å². The van der Waals surface area contributed by atoms with Gasteiger partial charge in [0.2, 0.25) is 5.91 Å². The number of rotatable bonds is 5. The van der Waals surface area contributed by atoms with Gasteiger partial charge in [-0.25, -0.2) is 4.79 Å². The number of benzene rings is 1. The molecule has 1 saturated heterocycles. The Kier molecular flexibility index (Phi) is 4.74. The van der Waals surface area contributed by atoms with Crippen LogP contribution in [0, 0.1) is 0 Å². The molecular weight excluding hydrogens is 256 g/mol. The van der Waals surface area contributed by atoms with Gasteiger partial charge in [0.05, 0.1) is 11.6 Å². The van der Waals surface area contributed by atoms with Crippen LogP contribution in [0.3, 0.4) is 0 Å². The van der Waals surface area contributed by atoms with E-state index in [2.05, 4.69) is 17.1 Å². The molecule has 1 unspecified atom stereocenters. The molecule has 1 amide bonds. The van der Waals surface area contributed by atoms with Crippen molar-refractivity contribution >= 4 is 17.6 Å². The summed E-state index contributed by atoms with van der Waals surface area (Å²) in [6, 6.07) is 6.18. The smallest absolute Gasteiger partial charge is 0.335 e. The summed E-state index contributed by atoms with van der Waals surface area (Å²) in [5.41, 5.74) is 0.861. The third-order valence-corrected chi connectivity index (χ3v) is 3.58. The van der Waals surface area contributed by atoms with Gasteiger partial charge in [0.15, 0.2) is 0 Å². The fourth-order valence-electron chi connectivity index (χ4n) is 2.60. The number of carbonyl (C=O) groups is 2. The summed E-state index contributed by atoms with van der Waals surface area (Å²) in [6.45, 7) is 4.03. The van der Waals surface area contributed by atoms with Crippen LogP contribution in [0.4, 0.5) is 5.69 Å². The minimum absolute atomic E-state index is 0.000903. The molecule has 1 fully saturated rings. The van der Waals surface area contributed by atoms with E-state index in [9.17, 15) is 9.59 Å². The topological polar surface area (TPSA) is 69.6 Å². The van der Waals surface area contributed by atoms with Crippen molar-refractivity contribution in [3.63, 3.8) is 0 Å². The predicted octanol–water partition coefficient (Wildman–Crippen LogP) is 2.20. The van der Waals surface area contributed by atoms with E-state index in [4.69, 9.17) is 5.11 Å². The highest BCUT2D eigenvalue weighted by atomic mass is 16.4. The van der Waals surface area contributed by atoms with Gasteiger partial charge in [0.25, 0.3) is 0 Å². The van der Waals surface area contributed by atoms with Crippen molar-refractivity contribution in [2.24, 2.45) is 0 Å². The largest absolute Gasteiger partial charge is 0.478 e. The van der Waals surface area contributed by atoms with Gasteiger partial charge in [0, 0.05) is 5.69 Å². The lowest BCUT2D eigenvalue weighted by molar-refractivity contribution is -0.120. The fourth-order valence-corrected chi connectivity index (χ4v) is 2.60. The van der Waals surface area contributed by atoms with Crippen molar-refractivity contribution in [2.75, 3.05) is 18.4 Å². The molecular formula is C15H20N2O3. The molecule has 0 radical (unpaired) electrons. The van der Waals surface area contributed by atoms with E-state index in [0.29, 0.717) is 5.69 Å². The summed E-state index contributed by atoms with van der Waals surface area (Å²) < 4.78 is 0. The molecule has 0 saturated carbocycles. The first kappa shape index (κ1) is 14.5. The monoisotopic (exact) mass is 276 g/mol. The van der Waals surface area contributed by atoms with Crippen LogP contribution in [0.5, 0.6) is 0 Å². The molecule has 1 aromatic carbocycles. The number of nitrogens with one attached hydrogen (secondary N) is 1. The summed E-state index contributed by atoms with van der Waals surface area (Å²) in [5, 5.41) is 11.7. The highest BCUT2D eigenvalue weighted by Crippen LogP contribution is 2.19. The number of hydrogen-bond acceptors (Lipinski definition) is 3. The molecule has 108 valence electrons. The van der Waals surface area contributed by atoms with Crippen molar-refractivity contribution < 1.29 is 14.7 Å². The average molecular weight is 276 g/mol. The van der Waals surface area contributed by atoms with Crippen LogP contribution in [0.1, 0.15) is 36.5 Å². The molecule has 5 nitrogen and oxygen atoms in total. The molecule has 1 aliphatic heterocycles. The number of likely N-dealkylation sites (tertiary alicyclic amines) is 1. The molecule has 0 aromatic heterocycles. The van der Waals surface area contributed by atoms with E-state index >= 15 is 0 Å². The van der Waals surface area contributed by atoms with Crippen molar-refractivity contribution in [3.8, 4) is 0 Å². The molecule has 1 atom stereocenters. The fraction of sp³-hybridized carbons (Fsp3) is 0.467. The molecule has 2 N–H and O–H groups in total. The molecule has 1 aliphatic rings. The van der Waals surface area contributed by atoms with Crippen LogP contribution < -0.4 is 5.32 Å². The van der Waals surface area contributed by atoms with Crippen molar-refractivity contribution in [2.45, 2.75) is 32.2 Å². The van der Waals surface area contributed by atoms with E-state index in [-0.39, 0.29) is 17.5 Å². The summed E-state index contributed by atoms with van der Waals surface area (Å²) >= 11 is 0. The van der Waals surface area contributed by atoms with Gasteiger partial charge >= 0.3 is 5.97 Å². The third kappa shape index (κ3) is 3.36. The average Bonchev–Trinajstić information content (AvgIpc) is 2.88. The second-order valence-electron chi connectivity index (χ2n) is 5.07. The number of nitrogens with zero attached hydrogens (tertiary/aromatic N) is 1. The van der Waals surface area contributed by atoms with Gasteiger partial charge < -0.3 is 10.4 Å². The zero-order valence-corrected chi connectivity index (χ0v) is 11.6. The Balaban J connectivity index is 1.98. The molecule has 2 rings (SSSR count). The quantitative estimate of drug-likeness (QED) is 0.865. The molecule has 20 heavy (non-hydrogen) atoms. The number of carboxylic acids is 1. The van der Waals surface area contributed by atoms with Crippen molar-refractivity contribution in [3.05, 3.63) is 29.8 Å². The van der Waals surface area contributed by atoms with Crippen LogP contribution in [-0.2, 0) is 4.79 Å². The highest BCUT2D eigenvalue weighted by molar-refractivity contribution is 5.95. The lowest BCUT2D eigenvalue weighted by atomic mass is 10.1. The lowest BCUT2D eigenvalue weighted by Crippen LogP contribution is -2.39. The molecule has 0 aliphatic carbocycles. The van der Waals surface area contributed by atoms with Crippen molar-refractivity contribution in [1.82, 2.24) is 4.90 Å². The Morgan fingerprint density at radius 3 is 2.65 bits per heavy atom. The lowest BCUT2D eigenvalue weighted by Gasteiger charge is -2.22. The van der Waals surface area contributed by atoms with E-state index in [1.54, 1.807) is 12.1 Å². The van der Waals surface area contributed by atoms with E-state index < -0.39 is 5.97 Å². The van der Waals surface area contributed by atoms with Crippen LogP contribution in [0.25, 0.3) is 0 Å². The Morgan fingerprint density at radius 2 is 2.05 bits per heavy atom. The predicted molar refractivity (Wildman–Crippen MR) is 76.9 cm³/mol. The van der Waals surface area contributed by atoms with E-state index in [1.165, 1.54) is 12.1 Å². The number of carbonyl (C=O) groups excluding carboxylic acids is 1. The maximum Gasteiger partial charge on any atom is 0.335 e. The van der Waals surface area contributed by atoms with Gasteiger partial charge in [-0.15, -0.1) is 0 Å². The van der Waals surface area contributed by atoms with Gasteiger partial charge in [0.1, 0.15) is 0 Å². The number of hydrogen-bond donors (Lipinski definition) is 2. The molecule has 1 aromatic rings. The maximum absolute atomic E-state index is 12.2. The second kappa shape index (κ2) is 6.52. The van der Waals surface area contributed by atoms with Gasteiger partial charge in [-0.05, 0) is 56.6 Å². The number of aromatic carboxylic acids is 1. The number of anilines is 1. The molecule has 0 bridgehead atoms. The van der Waals surface area contributed by atoms with Crippen LogP contribution in [-0.4, -0.2) is 41.0 Å². The Morgan fingerprint density at radius 1 is 1.35 bits per heavy atom. The Hall–Kier alpha value is -1.88. The van der Waals surface area contributed by atoms with Crippen LogP contribution >= 0.6 is 0 Å². The van der Waals surface area contributed by atoms with Crippen molar-refractivity contribution in [1.29, 1.82) is 0 Å². The normalized spacial score (nSPS) is 18.9.